The second-order valence-corrected chi connectivity index (χ2v) is 3.88. The number of alkyl halides is 3. The normalized spacial score (nSPS) is 24.2. The van der Waals surface area contributed by atoms with Crippen molar-refractivity contribution < 1.29 is 18.0 Å². The average molecular weight is 230 g/mol. The topological polar surface area (TPSA) is 55.1 Å². The van der Waals surface area contributed by atoms with Gasteiger partial charge < -0.3 is 11.1 Å². The minimum atomic E-state index is -4.50. The number of nitrogens with one attached hydrogen (secondary N) is 1. The van der Waals surface area contributed by atoms with E-state index in [1.54, 1.807) is 0 Å². The van der Waals surface area contributed by atoms with Gasteiger partial charge in [0.05, 0.1) is 11.3 Å². The third-order valence-corrected chi connectivity index (χ3v) is 2.64. The first-order valence-corrected chi connectivity index (χ1v) is 4.55. The summed E-state index contributed by atoms with van der Waals surface area (Å²) in [5, 5.41) is 2.18. The van der Waals surface area contributed by atoms with Gasteiger partial charge in [-0.2, -0.15) is 13.2 Å². The molecule has 2 rings (SSSR count). The molecule has 1 aliphatic heterocycles. The Morgan fingerprint density at radius 3 is 2.56 bits per heavy atom. The fourth-order valence-electron chi connectivity index (χ4n) is 1.72. The quantitative estimate of drug-likeness (QED) is 0.714. The summed E-state index contributed by atoms with van der Waals surface area (Å²) >= 11 is 0. The van der Waals surface area contributed by atoms with Crippen LogP contribution in [-0.4, -0.2) is 5.91 Å². The predicted octanol–water partition coefficient (Wildman–Crippen LogP) is 1.83. The zero-order chi connectivity index (χ0) is 12.1. The maximum atomic E-state index is 12.6. The number of carbonyl (C=O) groups is 1. The lowest BCUT2D eigenvalue weighted by Gasteiger charge is -2.16. The fraction of sp³-hybridized carbons (Fsp3) is 0.300. The molecule has 1 amide bonds. The van der Waals surface area contributed by atoms with Crippen LogP contribution in [0.3, 0.4) is 0 Å². The molecule has 16 heavy (non-hydrogen) atoms. The summed E-state index contributed by atoms with van der Waals surface area (Å²) in [7, 11) is 0. The van der Waals surface area contributed by atoms with Crippen LogP contribution in [0.2, 0.25) is 0 Å². The SMILES string of the molecule is C[C@@]1(N)C(=O)Nc2c(C(F)(F)F)cccc21. The van der Waals surface area contributed by atoms with E-state index in [9.17, 15) is 18.0 Å². The van der Waals surface area contributed by atoms with E-state index >= 15 is 0 Å². The first-order chi connectivity index (χ1) is 7.24. The molecule has 0 aliphatic carbocycles. The van der Waals surface area contributed by atoms with Crippen molar-refractivity contribution in [2.75, 3.05) is 5.32 Å². The van der Waals surface area contributed by atoms with Gasteiger partial charge in [-0.1, -0.05) is 12.1 Å². The van der Waals surface area contributed by atoms with Gasteiger partial charge in [0.1, 0.15) is 5.54 Å². The summed E-state index contributed by atoms with van der Waals surface area (Å²) in [5.41, 5.74) is 3.33. The molecule has 3 nitrogen and oxygen atoms in total. The number of anilines is 1. The zero-order valence-corrected chi connectivity index (χ0v) is 8.35. The van der Waals surface area contributed by atoms with Crippen molar-refractivity contribution in [2.24, 2.45) is 5.73 Å². The van der Waals surface area contributed by atoms with Crippen molar-refractivity contribution in [3.05, 3.63) is 29.3 Å². The van der Waals surface area contributed by atoms with Crippen LogP contribution in [0.4, 0.5) is 18.9 Å². The number of amides is 1. The summed E-state index contributed by atoms with van der Waals surface area (Å²) in [4.78, 5) is 11.4. The lowest BCUT2D eigenvalue weighted by molar-refractivity contribution is -0.136. The third-order valence-electron chi connectivity index (χ3n) is 2.64. The van der Waals surface area contributed by atoms with E-state index < -0.39 is 23.2 Å². The lowest BCUT2D eigenvalue weighted by atomic mass is 9.93. The number of para-hydroxylation sites is 1. The number of fused-ring (bicyclic) bond motifs is 1. The van der Waals surface area contributed by atoms with E-state index in [4.69, 9.17) is 5.73 Å². The van der Waals surface area contributed by atoms with Crippen molar-refractivity contribution in [3.63, 3.8) is 0 Å². The molecule has 1 atom stereocenters. The highest BCUT2D eigenvalue weighted by molar-refractivity contribution is 6.06. The van der Waals surface area contributed by atoms with E-state index in [1.165, 1.54) is 19.1 Å². The smallest absolute Gasteiger partial charge is 0.323 e. The number of hydrogen-bond acceptors (Lipinski definition) is 2. The van der Waals surface area contributed by atoms with Crippen molar-refractivity contribution >= 4 is 11.6 Å². The summed E-state index contributed by atoms with van der Waals surface area (Å²) < 4.78 is 37.9. The molecule has 0 radical (unpaired) electrons. The molecule has 1 aromatic carbocycles. The number of rotatable bonds is 0. The summed E-state index contributed by atoms with van der Waals surface area (Å²) in [5.74, 6) is -0.626. The number of halogens is 3. The van der Waals surface area contributed by atoms with Crippen LogP contribution in [0.1, 0.15) is 18.1 Å². The number of nitrogens with two attached hydrogens (primary N) is 1. The highest BCUT2D eigenvalue weighted by Gasteiger charge is 2.44. The van der Waals surface area contributed by atoms with E-state index in [0.29, 0.717) is 0 Å². The molecule has 1 heterocycles. The molecule has 0 fully saturated rings. The van der Waals surface area contributed by atoms with Crippen molar-refractivity contribution in [3.8, 4) is 0 Å². The van der Waals surface area contributed by atoms with Crippen LogP contribution < -0.4 is 11.1 Å². The standard InChI is InChI=1S/C10H9F3N2O/c1-9(14)5-3-2-4-6(10(11,12)13)7(5)15-8(9)16/h2-4H,14H2,1H3,(H,15,16)/t9-/m0/s1. The molecule has 0 bridgehead atoms. The van der Waals surface area contributed by atoms with Crippen molar-refractivity contribution in [2.45, 2.75) is 18.6 Å². The van der Waals surface area contributed by atoms with Gasteiger partial charge in [0.2, 0.25) is 5.91 Å². The lowest BCUT2D eigenvalue weighted by Crippen LogP contribution is -2.40. The Morgan fingerprint density at radius 1 is 1.38 bits per heavy atom. The first kappa shape index (κ1) is 10.9. The van der Waals surface area contributed by atoms with Crippen LogP contribution in [0.5, 0.6) is 0 Å². The Morgan fingerprint density at radius 2 is 2.00 bits per heavy atom. The maximum Gasteiger partial charge on any atom is 0.418 e. The molecule has 1 aromatic rings. The number of carbonyl (C=O) groups excluding carboxylic acids is 1. The highest BCUT2D eigenvalue weighted by Crippen LogP contribution is 2.42. The molecule has 0 saturated heterocycles. The predicted molar refractivity (Wildman–Crippen MR) is 51.6 cm³/mol. The summed E-state index contributed by atoms with van der Waals surface area (Å²) in [6.45, 7) is 1.38. The Balaban J connectivity index is 2.66. The van der Waals surface area contributed by atoms with Crippen LogP contribution in [0, 0.1) is 0 Å². The Labute approximate surface area is 89.4 Å². The molecular weight excluding hydrogens is 221 g/mol. The third kappa shape index (κ3) is 1.37. The van der Waals surface area contributed by atoms with Crippen LogP contribution >= 0.6 is 0 Å². The molecule has 86 valence electrons. The highest BCUT2D eigenvalue weighted by atomic mass is 19.4. The van der Waals surface area contributed by atoms with Gasteiger partial charge >= 0.3 is 6.18 Å². The summed E-state index contributed by atoms with van der Waals surface area (Å²) in [6.07, 6.45) is -4.50. The van der Waals surface area contributed by atoms with Crippen LogP contribution in [0.15, 0.2) is 18.2 Å². The maximum absolute atomic E-state index is 12.6. The van der Waals surface area contributed by atoms with E-state index in [-0.39, 0.29) is 11.3 Å². The minimum Gasteiger partial charge on any atom is -0.323 e. The Hall–Kier alpha value is -1.56. The minimum absolute atomic E-state index is 0.173. The van der Waals surface area contributed by atoms with E-state index in [1.807, 2.05) is 0 Å². The average Bonchev–Trinajstić information content (AvgIpc) is 2.37. The van der Waals surface area contributed by atoms with Crippen LogP contribution in [-0.2, 0) is 16.5 Å². The van der Waals surface area contributed by atoms with Gasteiger partial charge in [-0.25, -0.2) is 0 Å². The second-order valence-electron chi connectivity index (χ2n) is 3.88. The first-order valence-electron chi connectivity index (χ1n) is 4.55. The van der Waals surface area contributed by atoms with E-state index in [0.717, 1.165) is 6.07 Å². The van der Waals surface area contributed by atoms with Gasteiger partial charge in [-0.05, 0) is 13.0 Å². The second kappa shape index (κ2) is 2.98. The number of benzene rings is 1. The largest absolute Gasteiger partial charge is 0.418 e. The molecule has 0 spiro atoms. The van der Waals surface area contributed by atoms with Gasteiger partial charge in [0.15, 0.2) is 0 Å². The molecule has 3 N–H and O–H groups in total. The Bertz CT molecular complexity index is 466. The van der Waals surface area contributed by atoms with Gasteiger partial charge in [0, 0.05) is 5.56 Å². The fourth-order valence-corrected chi connectivity index (χ4v) is 1.72. The Kier molecular flexibility index (Phi) is 2.03. The molecule has 0 aromatic heterocycles. The summed E-state index contributed by atoms with van der Waals surface area (Å²) in [6, 6.07) is 3.58. The molecule has 0 saturated carbocycles. The molecule has 0 unspecified atom stereocenters. The van der Waals surface area contributed by atoms with Crippen molar-refractivity contribution in [1.82, 2.24) is 0 Å². The number of hydrogen-bond donors (Lipinski definition) is 2. The van der Waals surface area contributed by atoms with E-state index in [2.05, 4.69) is 5.32 Å². The van der Waals surface area contributed by atoms with Crippen molar-refractivity contribution in [1.29, 1.82) is 0 Å². The molecular formula is C10H9F3N2O. The van der Waals surface area contributed by atoms with Crippen LogP contribution in [0.25, 0.3) is 0 Å². The monoisotopic (exact) mass is 230 g/mol. The zero-order valence-electron chi connectivity index (χ0n) is 8.35. The van der Waals surface area contributed by atoms with Gasteiger partial charge in [0.25, 0.3) is 0 Å². The van der Waals surface area contributed by atoms with Gasteiger partial charge in [-0.15, -0.1) is 0 Å². The molecule has 1 aliphatic rings. The van der Waals surface area contributed by atoms with Gasteiger partial charge in [-0.3, -0.25) is 4.79 Å². The molecule has 6 heteroatoms.